The zero-order valence-corrected chi connectivity index (χ0v) is 38.9. The van der Waals surface area contributed by atoms with Crippen LogP contribution in [0.15, 0.2) is 78.0 Å². The number of piperidine rings is 1. The minimum absolute atomic E-state index is 0.0440. The number of fused-ring (bicyclic) bond motifs is 1. The Bertz CT molecular complexity index is 2710. The first-order valence-electron chi connectivity index (χ1n) is 23.2. The van der Waals surface area contributed by atoms with Crippen molar-refractivity contribution < 1.29 is 32.7 Å². The van der Waals surface area contributed by atoms with E-state index in [1.165, 1.54) is 11.1 Å². The summed E-state index contributed by atoms with van der Waals surface area (Å²) in [5.74, 6) is 0.0773. The molecular weight excluding hydrogens is 861 g/mol. The minimum atomic E-state index is -4.64. The highest BCUT2D eigenvalue weighted by Gasteiger charge is 2.50. The van der Waals surface area contributed by atoms with E-state index < -0.39 is 37.0 Å². The van der Waals surface area contributed by atoms with Crippen molar-refractivity contribution in [2.45, 2.75) is 108 Å². The normalized spacial score (nSPS) is 22.6. The molecule has 0 radical (unpaired) electrons. The largest absolute Gasteiger partial charge is 0.455 e. The lowest BCUT2D eigenvalue weighted by Crippen LogP contribution is -2.58. The molecule has 1 amide bonds. The van der Waals surface area contributed by atoms with Crippen LogP contribution in [0.5, 0.6) is 11.5 Å². The van der Waals surface area contributed by atoms with E-state index in [1.807, 2.05) is 12.1 Å². The number of carbonyl (C=O) groups excluding carboxylic acids is 1. The molecule has 17 heteroatoms. The second-order valence-electron chi connectivity index (χ2n) is 19.5. The number of aromatic nitrogens is 3. The SMILES string of the molecule is Cc1nc2[nH]ccc2cc1Oc1cc(N2CCC3(CC2)CC(N2CCOC[C@@H]2c2ccccc2C(C)C)C3)ccc1C(=O)NS(=O)(=O)c1cnc(NCC2CCC(C)(O)CC2)c([N+](=O)[O-])c1. The van der Waals surface area contributed by atoms with E-state index in [2.05, 4.69) is 72.9 Å². The molecule has 66 heavy (non-hydrogen) atoms. The number of amides is 1. The number of benzene rings is 2. The predicted molar refractivity (Wildman–Crippen MR) is 252 cm³/mol. The maximum Gasteiger partial charge on any atom is 0.312 e. The van der Waals surface area contributed by atoms with Gasteiger partial charge in [0.1, 0.15) is 22.0 Å². The minimum Gasteiger partial charge on any atom is -0.455 e. The zero-order valence-electron chi connectivity index (χ0n) is 38.1. The number of pyridine rings is 2. The van der Waals surface area contributed by atoms with Gasteiger partial charge >= 0.3 is 5.69 Å². The Kier molecular flexibility index (Phi) is 12.6. The molecule has 350 valence electrons. The Balaban J connectivity index is 0.910. The Morgan fingerprint density at radius 2 is 1.80 bits per heavy atom. The van der Waals surface area contributed by atoms with Gasteiger partial charge in [0.25, 0.3) is 15.9 Å². The number of morpholine rings is 1. The number of ether oxygens (including phenoxy) is 2. The van der Waals surface area contributed by atoms with Gasteiger partial charge in [-0.2, -0.15) is 0 Å². The summed E-state index contributed by atoms with van der Waals surface area (Å²) in [6, 6.07) is 19.2. The van der Waals surface area contributed by atoms with Crippen molar-refractivity contribution in [2.24, 2.45) is 11.3 Å². The second-order valence-corrected chi connectivity index (χ2v) is 21.2. The van der Waals surface area contributed by atoms with Gasteiger partial charge in [-0.25, -0.2) is 23.1 Å². The summed E-state index contributed by atoms with van der Waals surface area (Å²) in [6.07, 6.45) is 9.79. The third kappa shape index (κ3) is 9.48. The van der Waals surface area contributed by atoms with Gasteiger partial charge in [-0.05, 0) is 118 Å². The van der Waals surface area contributed by atoms with Gasteiger partial charge in [0, 0.05) is 61.6 Å². The quantitative estimate of drug-likeness (QED) is 0.0648. The van der Waals surface area contributed by atoms with Gasteiger partial charge in [0.05, 0.1) is 47.2 Å². The third-order valence-electron chi connectivity index (χ3n) is 14.6. The fourth-order valence-corrected chi connectivity index (χ4v) is 11.5. The van der Waals surface area contributed by atoms with Gasteiger partial charge in [-0.1, -0.05) is 38.1 Å². The topological polar surface area (TPSA) is 205 Å². The van der Waals surface area contributed by atoms with Crippen LogP contribution in [-0.2, 0) is 14.8 Å². The standard InChI is InChI=1S/C49H60N8O8S/c1-31(2)38-7-5-6-8-39(38)42-30-64-22-21-56(42)36-26-49(27-36)16-19-55(20-17-49)35-9-10-40(44(24-35)65-43-23-34-13-18-50-45(34)53-32(43)3)47(58)54-66(62,63)37-25-41(57(60)61)46(52-29-37)51-28-33-11-14-48(4,59)15-12-33/h5-10,13,18,23-25,29,31,33,36,42,59H,11-12,14-17,19-22,26-28,30H2,1-4H3,(H,50,53)(H,51,52)(H,54,58)/t33?,42-,48?/m1/s1. The molecule has 2 aliphatic carbocycles. The summed E-state index contributed by atoms with van der Waals surface area (Å²) < 4.78 is 42.2. The van der Waals surface area contributed by atoms with Crippen molar-refractivity contribution in [1.29, 1.82) is 0 Å². The fourth-order valence-electron chi connectivity index (χ4n) is 10.6. The number of aliphatic hydroxyl groups is 1. The number of sulfonamides is 1. The van der Waals surface area contributed by atoms with E-state index in [0.29, 0.717) is 55.0 Å². The molecule has 2 saturated heterocycles. The lowest BCUT2D eigenvalue weighted by Gasteiger charge is -2.57. The number of H-pyrrole nitrogens is 1. The summed E-state index contributed by atoms with van der Waals surface area (Å²) in [5.41, 5.74) is 3.78. The van der Waals surface area contributed by atoms with E-state index >= 15 is 0 Å². The lowest BCUT2D eigenvalue weighted by molar-refractivity contribution is -0.384. The molecule has 2 saturated carbocycles. The Labute approximate surface area is 385 Å². The van der Waals surface area contributed by atoms with Crippen LogP contribution >= 0.6 is 0 Å². The number of nitrogens with one attached hydrogen (secondary N) is 3. The fraction of sp³-hybridized carbons (Fsp3) is 0.490. The van der Waals surface area contributed by atoms with Crippen molar-refractivity contribution in [3.8, 4) is 11.5 Å². The first-order chi connectivity index (χ1) is 31.6. The van der Waals surface area contributed by atoms with Crippen LogP contribution in [0.25, 0.3) is 11.0 Å². The maximum absolute atomic E-state index is 14.1. The van der Waals surface area contributed by atoms with Crippen LogP contribution in [-0.4, -0.2) is 95.2 Å². The number of rotatable bonds is 13. The highest BCUT2D eigenvalue weighted by Crippen LogP contribution is 2.53. The van der Waals surface area contributed by atoms with Gasteiger partial charge in [-0.15, -0.1) is 0 Å². The van der Waals surface area contributed by atoms with E-state index in [4.69, 9.17) is 9.47 Å². The summed E-state index contributed by atoms with van der Waals surface area (Å²) in [6.45, 7) is 12.5. The number of carbonyl (C=O) groups is 1. The average Bonchev–Trinajstić information content (AvgIpc) is 3.74. The van der Waals surface area contributed by atoms with Crippen molar-refractivity contribution in [1.82, 2.24) is 24.6 Å². The Morgan fingerprint density at radius 3 is 2.55 bits per heavy atom. The zero-order chi connectivity index (χ0) is 46.4. The smallest absolute Gasteiger partial charge is 0.312 e. The van der Waals surface area contributed by atoms with Gasteiger partial charge < -0.3 is 29.8 Å². The van der Waals surface area contributed by atoms with Gasteiger partial charge in [-0.3, -0.25) is 19.8 Å². The molecule has 1 atom stereocenters. The highest BCUT2D eigenvalue weighted by atomic mass is 32.2. The number of anilines is 2. The Hall–Kier alpha value is -5.62. The molecule has 4 N–H and O–H groups in total. The molecule has 1 spiro atoms. The van der Waals surface area contributed by atoms with E-state index in [-0.39, 0.29) is 34.5 Å². The molecule has 0 bridgehead atoms. The molecule has 4 aliphatic rings. The van der Waals surface area contributed by atoms with Crippen LogP contribution in [0.3, 0.4) is 0 Å². The number of hydrogen-bond donors (Lipinski definition) is 4. The number of nitrogens with zero attached hydrogens (tertiary/aromatic N) is 5. The number of hydrogen-bond acceptors (Lipinski definition) is 13. The maximum atomic E-state index is 14.1. The van der Waals surface area contributed by atoms with E-state index in [9.17, 15) is 28.4 Å². The Morgan fingerprint density at radius 1 is 1.05 bits per heavy atom. The molecule has 5 heterocycles. The number of aryl methyl sites for hydroxylation is 1. The van der Waals surface area contributed by atoms with Crippen molar-refractivity contribution in [3.63, 3.8) is 0 Å². The van der Waals surface area contributed by atoms with Crippen molar-refractivity contribution >= 4 is 44.2 Å². The molecule has 5 aromatic rings. The summed E-state index contributed by atoms with van der Waals surface area (Å²) in [7, 11) is -4.64. The molecule has 2 aliphatic heterocycles. The summed E-state index contributed by atoms with van der Waals surface area (Å²) in [5, 5.41) is 26.3. The molecular formula is C49H60N8O8S. The first-order valence-corrected chi connectivity index (χ1v) is 24.7. The molecule has 0 unspecified atom stereocenters. The summed E-state index contributed by atoms with van der Waals surface area (Å²) >= 11 is 0. The van der Waals surface area contributed by atoms with Crippen LogP contribution in [0, 0.1) is 28.4 Å². The molecule has 3 aromatic heterocycles. The number of nitro groups is 1. The van der Waals surface area contributed by atoms with E-state index in [0.717, 1.165) is 88.1 Å². The average molecular weight is 921 g/mol. The summed E-state index contributed by atoms with van der Waals surface area (Å²) in [4.78, 5) is 41.8. The molecule has 2 aromatic carbocycles. The molecule has 16 nitrogen and oxygen atoms in total. The van der Waals surface area contributed by atoms with Crippen LogP contribution in [0.4, 0.5) is 17.2 Å². The van der Waals surface area contributed by atoms with Gasteiger partial charge in [0.15, 0.2) is 0 Å². The van der Waals surface area contributed by atoms with E-state index in [1.54, 1.807) is 38.2 Å². The van der Waals surface area contributed by atoms with Crippen molar-refractivity contribution in [2.75, 3.05) is 49.6 Å². The lowest BCUT2D eigenvalue weighted by atomic mass is 9.59. The predicted octanol–water partition coefficient (Wildman–Crippen LogP) is 8.38. The van der Waals surface area contributed by atoms with Crippen LogP contribution < -0.4 is 19.7 Å². The highest BCUT2D eigenvalue weighted by molar-refractivity contribution is 7.90. The molecule has 9 rings (SSSR count). The van der Waals surface area contributed by atoms with Crippen LogP contribution in [0.2, 0.25) is 0 Å². The van der Waals surface area contributed by atoms with Gasteiger partial charge in [0.2, 0.25) is 5.82 Å². The second kappa shape index (κ2) is 18.2. The monoisotopic (exact) mass is 920 g/mol. The number of aromatic amines is 1. The molecule has 4 fully saturated rings. The van der Waals surface area contributed by atoms with Crippen molar-refractivity contribution in [3.05, 3.63) is 106 Å². The third-order valence-corrected chi connectivity index (χ3v) is 15.9. The first kappa shape index (κ1) is 45.5. The van der Waals surface area contributed by atoms with Crippen LogP contribution in [0.1, 0.15) is 111 Å².